The van der Waals surface area contributed by atoms with Gasteiger partial charge in [-0.15, -0.1) is 0 Å². The molecule has 17 nitrogen and oxygen atoms in total. The predicted molar refractivity (Wildman–Crippen MR) is 400 cm³/mol. The van der Waals surface area contributed by atoms with Gasteiger partial charge in [-0.05, 0) is 116 Å². The van der Waals surface area contributed by atoms with Gasteiger partial charge in [0.25, 0.3) is 0 Å². The highest BCUT2D eigenvalue weighted by atomic mass is 31.2. The van der Waals surface area contributed by atoms with E-state index >= 15 is 0 Å². The molecule has 0 rings (SSSR count). The number of phosphoric acid groups is 2. The monoisotopic (exact) mass is 1420 g/mol. The summed E-state index contributed by atoms with van der Waals surface area (Å²) in [6.45, 7) is 4.80. The number of hydrogen-bond donors (Lipinski definition) is 3. The van der Waals surface area contributed by atoms with Crippen LogP contribution < -0.4 is 0 Å². The van der Waals surface area contributed by atoms with Crippen LogP contribution >= 0.6 is 15.6 Å². The minimum atomic E-state index is -4.98. The average Bonchev–Trinajstić information content (AvgIpc) is 1.04. The maximum atomic E-state index is 13.1. The van der Waals surface area contributed by atoms with E-state index in [0.29, 0.717) is 25.7 Å². The molecule has 0 aromatic carbocycles. The molecule has 0 fully saturated rings. The summed E-state index contributed by atoms with van der Waals surface area (Å²) in [6, 6.07) is 0. The molecule has 0 aliphatic heterocycles. The lowest BCUT2D eigenvalue weighted by Crippen LogP contribution is -2.30. The highest BCUT2D eigenvalue weighted by molar-refractivity contribution is 7.47. The molecule has 0 saturated carbocycles. The molecule has 0 aromatic rings. The zero-order valence-electron chi connectivity index (χ0n) is 62.2. The molecule has 0 saturated heterocycles. The first-order valence-corrected chi connectivity index (χ1v) is 42.2. The van der Waals surface area contributed by atoms with Crippen LogP contribution in [-0.4, -0.2) is 96.7 Å². The largest absolute Gasteiger partial charge is 0.472 e. The van der Waals surface area contributed by atoms with Crippen LogP contribution in [0, 0.1) is 0 Å². The summed E-state index contributed by atoms with van der Waals surface area (Å²) >= 11 is 0. The van der Waals surface area contributed by atoms with Crippen LogP contribution in [0.2, 0.25) is 0 Å². The predicted octanol–water partition coefficient (Wildman–Crippen LogP) is 22.4. The smallest absolute Gasteiger partial charge is 0.462 e. The summed E-state index contributed by atoms with van der Waals surface area (Å²) in [5, 5.41) is 10.6. The lowest BCUT2D eigenvalue weighted by Gasteiger charge is -2.21. The van der Waals surface area contributed by atoms with Crippen molar-refractivity contribution in [2.24, 2.45) is 0 Å². The molecule has 2 unspecified atom stereocenters. The van der Waals surface area contributed by atoms with Gasteiger partial charge in [0.05, 0.1) is 26.4 Å². The van der Waals surface area contributed by atoms with Crippen molar-refractivity contribution < 1.29 is 80.2 Å². The van der Waals surface area contributed by atoms with Gasteiger partial charge in [0.1, 0.15) is 19.3 Å². The van der Waals surface area contributed by atoms with Gasteiger partial charge < -0.3 is 33.8 Å². The molecule has 0 aliphatic carbocycles. The Bertz CT molecular complexity index is 2140. The minimum absolute atomic E-state index is 0.0766. The molecule has 3 N–H and O–H groups in total. The van der Waals surface area contributed by atoms with E-state index in [1.165, 1.54) is 116 Å². The van der Waals surface area contributed by atoms with Crippen molar-refractivity contribution in [3.8, 4) is 0 Å². The van der Waals surface area contributed by atoms with Gasteiger partial charge in [0, 0.05) is 25.7 Å². The molecule has 0 spiro atoms. The Balaban J connectivity index is 5.36. The standard InChI is InChI=1S/C79H142O17P2/c1-5-9-13-17-21-25-29-33-36-40-43-47-51-55-59-63-76(81)89-69-74(95-78(83)65-61-57-53-49-45-39-32-28-24-20-16-12-8-4)71-93-97(85,86)91-67-73(80)68-92-98(87,88)94-72-75(96-79(84)66-62-58-54-50-46-42-38-35-31-27-23-19-15-11-7-3)70-90-77(82)64-60-56-52-48-44-41-37-34-30-26-22-18-14-10-6-2/h21-22,25-27,31,33-38,73-75,80H,5-20,23-24,28-30,32,39-72H2,1-4H3,(H,85,86)(H,87,88)/b25-21-,26-22-,31-27-,36-33-,37-34-,38-35-/t73-,74+,75+/m0/s1. The Kier molecular flexibility index (Phi) is 69.3. The Hall–Kier alpha value is -3.50. The van der Waals surface area contributed by atoms with Crippen LogP contribution in [0.4, 0.5) is 0 Å². The van der Waals surface area contributed by atoms with E-state index in [4.69, 9.17) is 37.0 Å². The van der Waals surface area contributed by atoms with E-state index in [0.717, 1.165) is 154 Å². The Labute approximate surface area is 596 Å². The number of allylic oxidation sites excluding steroid dienone is 12. The van der Waals surface area contributed by atoms with Gasteiger partial charge in [-0.1, -0.05) is 280 Å². The van der Waals surface area contributed by atoms with Gasteiger partial charge >= 0.3 is 39.5 Å². The zero-order chi connectivity index (χ0) is 71.8. The third-order valence-electron chi connectivity index (χ3n) is 16.7. The normalized spacial score (nSPS) is 14.3. The van der Waals surface area contributed by atoms with Gasteiger partial charge in [0.15, 0.2) is 12.2 Å². The first kappa shape index (κ1) is 94.5. The van der Waals surface area contributed by atoms with Crippen molar-refractivity contribution in [3.05, 3.63) is 72.9 Å². The fourth-order valence-electron chi connectivity index (χ4n) is 10.6. The fraction of sp³-hybridized carbons (Fsp3) is 0.797. The molecule has 0 radical (unpaired) electrons. The third kappa shape index (κ3) is 70.9. The molecule has 570 valence electrons. The van der Waals surface area contributed by atoms with Crippen molar-refractivity contribution in [2.45, 2.75) is 367 Å². The summed E-state index contributed by atoms with van der Waals surface area (Å²) in [5.41, 5.74) is 0. The number of esters is 4. The second-order valence-corrected chi connectivity index (χ2v) is 29.2. The fourth-order valence-corrected chi connectivity index (χ4v) is 12.2. The number of aliphatic hydroxyl groups is 1. The number of hydrogen-bond acceptors (Lipinski definition) is 15. The van der Waals surface area contributed by atoms with Crippen LogP contribution in [-0.2, 0) is 65.4 Å². The van der Waals surface area contributed by atoms with Crippen LogP contribution in [0.25, 0.3) is 0 Å². The van der Waals surface area contributed by atoms with E-state index in [-0.39, 0.29) is 25.7 Å². The van der Waals surface area contributed by atoms with Gasteiger partial charge in [-0.25, -0.2) is 9.13 Å². The zero-order valence-corrected chi connectivity index (χ0v) is 64.0. The number of phosphoric ester groups is 2. The second kappa shape index (κ2) is 71.9. The van der Waals surface area contributed by atoms with E-state index in [9.17, 15) is 43.2 Å². The molecule has 0 aromatic heterocycles. The van der Waals surface area contributed by atoms with Crippen LogP contribution in [0.5, 0.6) is 0 Å². The molecule has 5 atom stereocenters. The Morgan fingerprint density at radius 2 is 0.531 bits per heavy atom. The van der Waals surface area contributed by atoms with E-state index < -0.39 is 97.5 Å². The average molecular weight is 1430 g/mol. The maximum Gasteiger partial charge on any atom is 0.472 e. The number of carbonyl (C=O) groups is 4. The first-order chi connectivity index (χ1) is 47.7. The van der Waals surface area contributed by atoms with E-state index in [1.807, 2.05) is 0 Å². The second-order valence-electron chi connectivity index (χ2n) is 26.3. The molecule has 19 heteroatoms. The topological polar surface area (TPSA) is 237 Å². The Morgan fingerprint density at radius 3 is 0.847 bits per heavy atom. The molecule has 0 bridgehead atoms. The van der Waals surface area contributed by atoms with Gasteiger partial charge in [-0.2, -0.15) is 0 Å². The number of rotatable bonds is 74. The van der Waals surface area contributed by atoms with Crippen molar-refractivity contribution in [3.63, 3.8) is 0 Å². The van der Waals surface area contributed by atoms with Crippen LogP contribution in [0.15, 0.2) is 72.9 Å². The third-order valence-corrected chi connectivity index (χ3v) is 18.6. The van der Waals surface area contributed by atoms with Crippen LogP contribution in [0.3, 0.4) is 0 Å². The number of ether oxygens (including phenoxy) is 4. The van der Waals surface area contributed by atoms with E-state index in [2.05, 4.69) is 101 Å². The SMILES string of the molecule is CCCCC/C=C\C/C=C\CCCCCCCC(=O)OC[C@H](COP(=O)(O)OC[C@@H](O)COP(=O)(O)OC[C@@H](COC(=O)CCCCCCC/C=C\C/C=C\CCCCC)OC(=O)CCCCCCCCCCCCCCC)OC(=O)CCCCCCC/C=C\C=C/CCCCCC. The molecular formula is C79H142O17P2. The summed E-state index contributed by atoms with van der Waals surface area (Å²) in [4.78, 5) is 72.9. The van der Waals surface area contributed by atoms with Crippen molar-refractivity contribution >= 4 is 39.5 Å². The molecule has 98 heavy (non-hydrogen) atoms. The molecule has 0 amide bonds. The summed E-state index contributed by atoms with van der Waals surface area (Å²) < 4.78 is 68.5. The summed E-state index contributed by atoms with van der Waals surface area (Å²) in [5.74, 6) is -2.20. The Morgan fingerprint density at radius 1 is 0.296 bits per heavy atom. The van der Waals surface area contributed by atoms with Crippen molar-refractivity contribution in [1.82, 2.24) is 0 Å². The molecule has 0 aliphatic rings. The lowest BCUT2D eigenvalue weighted by molar-refractivity contribution is -0.161. The molecular weight excluding hydrogens is 1280 g/mol. The van der Waals surface area contributed by atoms with Gasteiger partial charge in [-0.3, -0.25) is 37.3 Å². The molecule has 0 heterocycles. The van der Waals surface area contributed by atoms with Crippen molar-refractivity contribution in [2.75, 3.05) is 39.6 Å². The van der Waals surface area contributed by atoms with E-state index in [1.54, 1.807) is 0 Å². The number of unbranched alkanes of at least 4 members (excludes halogenated alkanes) is 37. The van der Waals surface area contributed by atoms with Gasteiger partial charge in [0.2, 0.25) is 0 Å². The maximum absolute atomic E-state index is 13.1. The minimum Gasteiger partial charge on any atom is -0.462 e. The number of carbonyl (C=O) groups excluding carboxylic acids is 4. The summed E-state index contributed by atoms with van der Waals surface area (Å²) in [6.07, 6.45) is 71.6. The van der Waals surface area contributed by atoms with Crippen LogP contribution in [0.1, 0.15) is 349 Å². The lowest BCUT2D eigenvalue weighted by atomic mass is 10.0. The quantitative estimate of drug-likeness (QED) is 0.0128. The number of aliphatic hydroxyl groups excluding tert-OH is 1. The highest BCUT2D eigenvalue weighted by Gasteiger charge is 2.30. The first-order valence-electron chi connectivity index (χ1n) is 39.2. The summed E-state index contributed by atoms with van der Waals surface area (Å²) in [7, 11) is -9.95. The highest BCUT2D eigenvalue weighted by Crippen LogP contribution is 2.45. The van der Waals surface area contributed by atoms with Crippen molar-refractivity contribution in [1.29, 1.82) is 0 Å².